The van der Waals surface area contributed by atoms with Crippen molar-refractivity contribution >= 4 is 5.91 Å². The molecule has 0 aliphatic carbocycles. The van der Waals surface area contributed by atoms with Gasteiger partial charge in [-0.05, 0) is 48.3 Å². The molecule has 0 spiro atoms. The Bertz CT molecular complexity index is 555. The molecule has 138 valence electrons. The molecule has 25 heavy (non-hydrogen) atoms. The van der Waals surface area contributed by atoms with Crippen molar-refractivity contribution in [2.75, 3.05) is 32.8 Å². The van der Waals surface area contributed by atoms with Crippen LogP contribution in [0.5, 0.6) is 0 Å². The average Bonchev–Trinajstić information content (AvgIpc) is 3.05. The van der Waals surface area contributed by atoms with Crippen LogP contribution in [0.4, 0.5) is 0 Å². The molecule has 5 nitrogen and oxygen atoms in total. The van der Waals surface area contributed by atoms with Gasteiger partial charge < -0.3 is 10.0 Å². The molecule has 2 saturated heterocycles. The van der Waals surface area contributed by atoms with Gasteiger partial charge in [-0.3, -0.25) is 14.7 Å². The summed E-state index contributed by atoms with van der Waals surface area (Å²) in [5, 5.41) is 9.86. The highest BCUT2D eigenvalue weighted by Crippen LogP contribution is 2.36. The summed E-state index contributed by atoms with van der Waals surface area (Å²) >= 11 is 0. The fourth-order valence-electron chi connectivity index (χ4n) is 4.50. The summed E-state index contributed by atoms with van der Waals surface area (Å²) in [5.74, 6) is 1.89. The van der Waals surface area contributed by atoms with E-state index in [1.807, 2.05) is 31.1 Å². The van der Waals surface area contributed by atoms with E-state index in [2.05, 4.69) is 22.0 Å². The highest BCUT2D eigenvalue weighted by Gasteiger charge is 2.39. The summed E-state index contributed by atoms with van der Waals surface area (Å²) in [6.07, 6.45) is 5.83. The number of pyridine rings is 1. The van der Waals surface area contributed by atoms with Crippen LogP contribution in [0.3, 0.4) is 0 Å². The Balaban J connectivity index is 1.56. The highest BCUT2D eigenvalue weighted by atomic mass is 16.3. The third-order valence-electron chi connectivity index (χ3n) is 5.91. The minimum atomic E-state index is 0.0871. The minimum Gasteiger partial charge on any atom is -0.396 e. The first kappa shape index (κ1) is 18.3. The van der Waals surface area contributed by atoms with Gasteiger partial charge in [0.15, 0.2) is 0 Å². The zero-order valence-electron chi connectivity index (χ0n) is 15.5. The predicted octanol–water partition coefficient (Wildman–Crippen LogP) is 2.02. The molecule has 0 radical (unpaired) electrons. The monoisotopic (exact) mass is 345 g/mol. The van der Waals surface area contributed by atoms with E-state index < -0.39 is 0 Å². The van der Waals surface area contributed by atoms with E-state index in [1.54, 1.807) is 0 Å². The normalized spacial score (nSPS) is 25.7. The number of piperidine rings is 1. The fourth-order valence-corrected chi connectivity index (χ4v) is 4.50. The Morgan fingerprint density at radius 1 is 1.24 bits per heavy atom. The van der Waals surface area contributed by atoms with Crippen LogP contribution >= 0.6 is 0 Å². The van der Waals surface area contributed by atoms with Crippen molar-refractivity contribution < 1.29 is 9.90 Å². The minimum absolute atomic E-state index is 0.0871. The number of aliphatic hydroxyl groups is 1. The summed E-state index contributed by atoms with van der Waals surface area (Å²) < 4.78 is 0. The number of amides is 1. The predicted molar refractivity (Wildman–Crippen MR) is 97.7 cm³/mol. The second kappa shape index (κ2) is 8.28. The highest BCUT2D eigenvalue weighted by molar-refractivity contribution is 5.78. The van der Waals surface area contributed by atoms with Gasteiger partial charge in [0.1, 0.15) is 0 Å². The lowest BCUT2D eigenvalue weighted by molar-refractivity contribution is -0.136. The maximum Gasteiger partial charge on any atom is 0.225 e. The van der Waals surface area contributed by atoms with Gasteiger partial charge in [0.05, 0.1) is 0 Å². The molecule has 3 heterocycles. The van der Waals surface area contributed by atoms with E-state index in [0.717, 1.165) is 45.6 Å². The second-order valence-corrected chi connectivity index (χ2v) is 7.97. The number of nitrogens with zero attached hydrogens (tertiary/aromatic N) is 3. The lowest BCUT2D eigenvalue weighted by Gasteiger charge is -2.37. The first-order valence-corrected chi connectivity index (χ1v) is 9.59. The lowest BCUT2D eigenvalue weighted by Crippen LogP contribution is -2.43. The summed E-state index contributed by atoms with van der Waals surface area (Å²) in [7, 11) is 0. The van der Waals surface area contributed by atoms with Crippen LogP contribution in [-0.4, -0.2) is 58.6 Å². The third kappa shape index (κ3) is 4.39. The van der Waals surface area contributed by atoms with Crippen molar-refractivity contribution in [3.8, 4) is 0 Å². The van der Waals surface area contributed by atoms with Crippen molar-refractivity contribution in [3.05, 3.63) is 30.1 Å². The third-order valence-corrected chi connectivity index (χ3v) is 5.91. The molecular formula is C20H31N3O2. The molecule has 2 fully saturated rings. The Morgan fingerprint density at radius 3 is 2.52 bits per heavy atom. The number of likely N-dealkylation sites (tertiary alicyclic amines) is 2. The van der Waals surface area contributed by atoms with Gasteiger partial charge in [-0.2, -0.15) is 0 Å². The van der Waals surface area contributed by atoms with Gasteiger partial charge in [0, 0.05) is 57.6 Å². The van der Waals surface area contributed by atoms with Crippen LogP contribution in [0.2, 0.25) is 0 Å². The molecule has 2 aliphatic heterocycles. The standard InChI is InChI=1S/C20H31N3O2/c1-15(2)20(25)23-9-5-17(6-10-23)19-13-22(12-18(19)14-24)11-16-3-7-21-8-4-16/h3-4,7-8,15,17-19,24H,5-6,9-14H2,1-2H3/t18-,19-/m0/s1. The topological polar surface area (TPSA) is 56.7 Å². The van der Waals surface area contributed by atoms with E-state index >= 15 is 0 Å². The van der Waals surface area contributed by atoms with Crippen LogP contribution in [0, 0.1) is 23.7 Å². The van der Waals surface area contributed by atoms with Crippen LogP contribution in [-0.2, 0) is 11.3 Å². The van der Waals surface area contributed by atoms with E-state index in [1.165, 1.54) is 5.56 Å². The number of carbonyl (C=O) groups excluding carboxylic acids is 1. The fraction of sp³-hybridized carbons (Fsp3) is 0.700. The maximum atomic E-state index is 12.2. The molecule has 0 aromatic carbocycles. The number of rotatable bonds is 5. The van der Waals surface area contributed by atoms with Gasteiger partial charge in [0.2, 0.25) is 5.91 Å². The number of aromatic nitrogens is 1. The first-order valence-electron chi connectivity index (χ1n) is 9.59. The van der Waals surface area contributed by atoms with Crippen molar-refractivity contribution in [2.24, 2.45) is 23.7 Å². The van der Waals surface area contributed by atoms with Gasteiger partial charge in [-0.25, -0.2) is 0 Å². The molecule has 5 heteroatoms. The number of hydrogen-bond donors (Lipinski definition) is 1. The van der Waals surface area contributed by atoms with Gasteiger partial charge in [0.25, 0.3) is 0 Å². The molecule has 0 unspecified atom stereocenters. The van der Waals surface area contributed by atoms with Crippen molar-refractivity contribution in [1.29, 1.82) is 0 Å². The zero-order chi connectivity index (χ0) is 17.8. The van der Waals surface area contributed by atoms with Crippen LogP contribution in [0.15, 0.2) is 24.5 Å². The maximum absolute atomic E-state index is 12.2. The Morgan fingerprint density at radius 2 is 1.92 bits per heavy atom. The lowest BCUT2D eigenvalue weighted by atomic mass is 9.78. The van der Waals surface area contributed by atoms with Crippen molar-refractivity contribution in [1.82, 2.24) is 14.8 Å². The Hall–Kier alpha value is -1.46. The zero-order valence-corrected chi connectivity index (χ0v) is 15.5. The number of aliphatic hydroxyl groups excluding tert-OH is 1. The van der Waals surface area contributed by atoms with E-state index in [0.29, 0.717) is 17.8 Å². The first-order chi connectivity index (χ1) is 12.1. The number of carbonyl (C=O) groups is 1. The van der Waals surface area contributed by atoms with E-state index in [-0.39, 0.29) is 18.4 Å². The molecule has 1 aromatic rings. The second-order valence-electron chi connectivity index (χ2n) is 7.97. The largest absolute Gasteiger partial charge is 0.396 e. The van der Waals surface area contributed by atoms with Crippen molar-refractivity contribution in [2.45, 2.75) is 33.2 Å². The summed E-state index contributed by atoms with van der Waals surface area (Å²) in [4.78, 5) is 20.7. The molecule has 1 aromatic heterocycles. The van der Waals surface area contributed by atoms with E-state index in [9.17, 15) is 9.90 Å². The van der Waals surface area contributed by atoms with Gasteiger partial charge in [-0.1, -0.05) is 13.8 Å². The average molecular weight is 345 g/mol. The molecule has 2 atom stereocenters. The Kier molecular flexibility index (Phi) is 6.07. The summed E-state index contributed by atoms with van der Waals surface area (Å²) in [5.41, 5.74) is 1.28. The molecule has 1 amide bonds. The Labute approximate surface area is 151 Å². The van der Waals surface area contributed by atoms with Crippen molar-refractivity contribution in [3.63, 3.8) is 0 Å². The molecular weight excluding hydrogens is 314 g/mol. The summed E-state index contributed by atoms with van der Waals surface area (Å²) in [6.45, 7) is 8.92. The molecule has 0 saturated carbocycles. The SMILES string of the molecule is CC(C)C(=O)N1CCC([C@@H]2CN(Cc3ccncc3)C[C@H]2CO)CC1. The molecule has 1 N–H and O–H groups in total. The quantitative estimate of drug-likeness (QED) is 0.887. The molecule has 2 aliphatic rings. The molecule has 0 bridgehead atoms. The van der Waals surface area contributed by atoms with Crippen LogP contribution < -0.4 is 0 Å². The summed E-state index contributed by atoms with van der Waals surface area (Å²) in [6, 6.07) is 4.13. The van der Waals surface area contributed by atoms with Crippen LogP contribution in [0.1, 0.15) is 32.3 Å². The van der Waals surface area contributed by atoms with E-state index in [4.69, 9.17) is 0 Å². The number of hydrogen-bond acceptors (Lipinski definition) is 4. The smallest absolute Gasteiger partial charge is 0.225 e. The van der Waals surface area contributed by atoms with Gasteiger partial charge in [-0.15, -0.1) is 0 Å². The van der Waals surface area contributed by atoms with Crippen LogP contribution in [0.25, 0.3) is 0 Å². The molecule has 3 rings (SSSR count). The van der Waals surface area contributed by atoms with Gasteiger partial charge >= 0.3 is 0 Å².